The van der Waals surface area contributed by atoms with E-state index in [1.54, 1.807) is 7.11 Å². The number of methoxy groups -OCH3 is 1. The van der Waals surface area contributed by atoms with Crippen LogP contribution in [0.4, 0.5) is 0 Å². The van der Waals surface area contributed by atoms with Gasteiger partial charge < -0.3 is 10.1 Å². The molecule has 2 rings (SSSR count). The molecule has 0 aliphatic heterocycles. The van der Waals surface area contributed by atoms with Gasteiger partial charge in [0.05, 0.1) is 25.0 Å². The minimum Gasteiger partial charge on any atom is -0.493 e. The van der Waals surface area contributed by atoms with E-state index in [4.69, 9.17) is 4.74 Å². The highest BCUT2D eigenvalue weighted by atomic mass is 16.5. The SMILES string of the molecule is CCCn1ncc(OC)c1C(Cc1cccc(C)c1)NC. The molecule has 0 saturated heterocycles. The van der Waals surface area contributed by atoms with Gasteiger partial charge in [0.1, 0.15) is 0 Å². The summed E-state index contributed by atoms with van der Waals surface area (Å²) in [6.07, 6.45) is 3.79. The van der Waals surface area contributed by atoms with Gasteiger partial charge in [0, 0.05) is 6.54 Å². The smallest absolute Gasteiger partial charge is 0.161 e. The summed E-state index contributed by atoms with van der Waals surface area (Å²) < 4.78 is 7.54. The molecule has 21 heavy (non-hydrogen) atoms. The van der Waals surface area contributed by atoms with Crippen molar-refractivity contribution in [1.29, 1.82) is 0 Å². The number of hydrogen-bond donors (Lipinski definition) is 1. The first-order chi connectivity index (χ1) is 10.2. The molecule has 4 heteroatoms. The largest absolute Gasteiger partial charge is 0.493 e. The van der Waals surface area contributed by atoms with Crippen LogP contribution >= 0.6 is 0 Å². The summed E-state index contributed by atoms with van der Waals surface area (Å²) in [5.74, 6) is 0.857. The minimum atomic E-state index is 0.191. The molecule has 114 valence electrons. The molecular formula is C17H25N3O. The molecule has 0 fully saturated rings. The van der Waals surface area contributed by atoms with Crippen molar-refractivity contribution in [1.82, 2.24) is 15.1 Å². The third-order valence-electron chi connectivity index (χ3n) is 3.70. The molecule has 0 saturated carbocycles. The van der Waals surface area contributed by atoms with E-state index in [0.29, 0.717) is 0 Å². The molecule has 1 aromatic carbocycles. The number of hydrogen-bond acceptors (Lipinski definition) is 3. The molecule has 0 aliphatic rings. The van der Waals surface area contributed by atoms with Gasteiger partial charge in [-0.1, -0.05) is 36.8 Å². The Balaban J connectivity index is 2.30. The van der Waals surface area contributed by atoms with Gasteiger partial charge in [0.15, 0.2) is 5.75 Å². The number of ether oxygens (including phenoxy) is 1. The van der Waals surface area contributed by atoms with Gasteiger partial charge in [0.2, 0.25) is 0 Å². The van der Waals surface area contributed by atoms with Gasteiger partial charge in [-0.25, -0.2) is 0 Å². The fraction of sp³-hybridized carbons (Fsp3) is 0.471. The summed E-state index contributed by atoms with van der Waals surface area (Å²) in [5, 5.41) is 7.86. The zero-order valence-corrected chi connectivity index (χ0v) is 13.4. The van der Waals surface area contributed by atoms with Crippen LogP contribution in [0.1, 0.15) is 36.2 Å². The lowest BCUT2D eigenvalue weighted by Crippen LogP contribution is -2.23. The fourth-order valence-electron chi connectivity index (χ4n) is 2.69. The lowest BCUT2D eigenvalue weighted by atomic mass is 10.0. The molecule has 1 aromatic heterocycles. The van der Waals surface area contributed by atoms with Crippen molar-refractivity contribution in [2.45, 2.75) is 39.3 Å². The van der Waals surface area contributed by atoms with Crippen LogP contribution in [0.15, 0.2) is 30.5 Å². The van der Waals surface area contributed by atoms with Crippen LogP contribution in [0.3, 0.4) is 0 Å². The molecule has 1 heterocycles. The molecule has 0 amide bonds. The second kappa shape index (κ2) is 7.27. The third-order valence-corrected chi connectivity index (χ3v) is 3.70. The van der Waals surface area contributed by atoms with Crippen molar-refractivity contribution in [3.05, 3.63) is 47.3 Å². The van der Waals surface area contributed by atoms with Crippen LogP contribution in [0, 0.1) is 6.92 Å². The van der Waals surface area contributed by atoms with Crippen LogP contribution in [0.2, 0.25) is 0 Å². The van der Waals surface area contributed by atoms with Gasteiger partial charge in [-0.15, -0.1) is 0 Å². The predicted octanol–water partition coefficient (Wildman–Crippen LogP) is 3.11. The summed E-state index contributed by atoms with van der Waals surface area (Å²) in [6, 6.07) is 8.83. The molecule has 4 nitrogen and oxygen atoms in total. The number of nitrogens with one attached hydrogen (secondary N) is 1. The Morgan fingerprint density at radius 1 is 1.38 bits per heavy atom. The number of likely N-dealkylation sites (N-methyl/N-ethyl adjacent to an activating group) is 1. The molecule has 0 radical (unpaired) electrons. The van der Waals surface area contributed by atoms with E-state index < -0.39 is 0 Å². The van der Waals surface area contributed by atoms with Crippen LogP contribution < -0.4 is 10.1 Å². The highest BCUT2D eigenvalue weighted by Gasteiger charge is 2.20. The summed E-state index contributed by atoms with van der Waals surface area (Å²) >= 11 is 0. The Kier molecular flexibility index (Phi) is 5.39. The molecular weight excluding hydrogens is 262 g/mol. The van der Waals surface area contributed by atoms with Crippen molar-refractivity contribution in [2.75, 3.05) is 14.2 Å². The molecule has 1 N–H and O–H groups in total. The molecule has 0 aliphatic carbocycles. The zero-order chi connectivity index (χ0) is 15.2. The van der Waals surface area contributed by atoms with Crippen molar-refractivity contribution >= 4 is 0 Å². The lowest BCUT2D eigenvalue weighted by Gasteiger charge is -2.19. The summed E-state index contributed by atoms with van der Waals surface area (Å²) in [5.41, 5.74) is 3.74. The first-order valence-electron chi connectivity index (χ1n) is 7.52. The van der Waals surface area contributed by atoms with Gasteiger partial charge in [-0.2, -0.15) is 5.10 Å². The summed E-state index contributed by atoms with van der Waals surface area (Å²) in [6.45, 7) is 5.19. The molecule has 1 atom stereocenters. The highest BCUT2D eigenvalue weighted by Crippen LogP contribution is 2.27. The first-order valence-corrected chi connectivity index (χ1v) is 7.52. The summed E-state index contributed by atoms with van der Waals surface area (Å²) in [4.78, 5) is 0. The Hall–Kier alpha value is -1.81. The normalized spacial score (nSPS) is 12.4. The maximum atomic E-state index is 5.49. The number of rotatable bonds is 7. The van der Waals surface area contributed by atoms with E-state index in [2.05, 4.69) is 53.2 Å². The van der Waals surface area contributed by atoms with E-state index in [-0.39, 0.29) is 6.04 Å². The Bertz CT molecular complexity index is 577. The topological polar surface area (TPSA) is 39.1 Å². The lowest BCUT2D eigenvalue weighted by molar-refractivity contribution is 0.393. The number of benzene rings is 1. The van der Waals surface area contributed by atoms with E-state index in [9.17, 15) is 0 Å². The van der Waals surface area contributed by atoms with Gasteiger partial charge in [0.25, 0.3) is 0 Å². The average Bonchev–Trinajstić information content (AvgIpc) is 2.88. The minimum absolute atomic E-state index is 0.191. The van der Waals surface area contributed by atoms with Gasteiger partial charge in [-0.3, -0.25) is 4.68 Å². The zero-order valence-electron chi connectivity index (χ0n) is 13.4. The second-order valence-electron chi connectivity index (χ2n) is 5.36. The summed E-state index contributed by atoms with van der Waals surface area (Å²) in [7, 11) is 3.69. The van der Waals surface area contributed by atoms with Gasteiger partial charge >= 0.3 is 0 Å². The predicted molar refractivity (Wildman–Crippen MR) is 85.8 cm³/mol. The Morgan fingerprint density at radius 3 is 2.81 bits per heavy atom. The van der Waals surface area contributed by atoms with Crippen LogP contribution in [-0.2, 0) is 13.0 Å². The van der Waals surface area contributed by atoms with Crippen LogP contribution in [0.5, 0.6) is 5.75 Å². The molecule has 0 bridgehead atoms. The monoisotopic (exact) mass is 287 g/mol. The second-order valence-corrected chi connectivity index (χ2v) is 5.36. The molecule has 2 aromatic rings. The van der Waals surface area contributed by atoms with E-state index in [1.807, 2.05) is 13.2 Å². The van der Waals surface area contributed by atoms with E-state index in [1.165, 1.54) is 11.1 Å². The van der Waals surface area contributed by atoms with Crippen molar-refractivity contribution in [2.24, 2.45) is 0 Å². The maximum Gasteiger partial charge on any atom is 0.161 e. The first kappa shape index (κ1) is 15.6. The Morgan fingerprint density at radius 2 is 2.19 bits per heavy atom. The quantitative estimate of drug-likeness (QED) is 0.850. The molecule has 0 spiro atoms. The van der Waals surface area contributed by atoms with Crippen LogP contribution in [-0.4, -0.2) is 23.9 Å². The number of nitrogens with zero attached hydrogens (tertiary/aromatic N) is 2. The third kappa shape index (κ3) is 3.64. The molecule has 1 unspecified atom stereocenters. The van der Waals surface area contributed by atoms with Gasteiger partial charge in [-0.05, 0) is 32.4 Å². The standard InChI is InChI=1S/C17H25N3O/c1-5-9-20-17(16(21-4)12-19-20)15(18-3)11-14-8-6-7-13(2)10-14/h6-8,10,12,15,18H,5,9,11H2,1-4H3. The number of aryl methyl sites for hydroxylation is 2. The van der Waals surface area contributed by atoms with Crippen LogP contribution in [0.25, 0.3) is 0 Å². The van der Waals surface area contributed by atoms with Crippen molar-refractivity contribution in [3.63, 3.8) is 0 Å². The van der Waals surface area contributed by atoms with E-state index in [0.717, 1.165) is 30.8 Å². The van der Waals surface area contributed by atoms with Crippen molar-refractivity contribution < 1.29 is 4.74 Å². The maximum absolute atomic E-state index is 5.49. The average molecular weight is 287 g/mol. The number of aromatic nitrogens is 2. The van der Waals surface area contributed by atoms with E-state index >= 15 is 0 Å². The highest BCUT2D eigenvalue weighted by molar-refractivity contribution is 5.31. The fourth-order valence-corrected chi connectivity index (χ4v) is 2.69. The van der Waals surface area contributed by atoms with Crippen molar-refractivity contribution in [3.8, 4) is 5.75 Å². The Labute approximate surface area is 127 Å².